The van der Waals surface area contributed by atoms with Crippen LogP contribution in [-0.2, 0) is 6.42 Å². The molecule has 0 saturated carbocycles. The van der Waals surface area contributed by atoms with E-state index in [1.54, 1.807) is 6.07 Å². The number of benzene rings is 3. The van der Waals surface area contributed by atoms with Crippen LogP contribution in [0.1, 0.15) is 24.1 Å². The molecule has 0 bridgehead atoms. The summed E-state index contributed by atoms with van der Waals surface area (Å²) >= 11 is 0. The minimum Gasteiger partial charge on any atom is -0.384 e. The maximum Gasteiger partial charge on any atom is 0.131 e. The number of para-hydroxylation sites is 1. The van der Waals surface area contributed by atoms with E-state index in [4.69, 9.17) is 0 Å². The van der Waals surface area contributed by atoms with E-state index in [1.165, 1.54) is 11.3 Å². The van der Waals surface area contributed by atoms with Gasteiger partial charge < -0.3 is 10.6 Å². The quantitative estimate of drug-likeness (QED) is 0.708. The fourth-order valence-corrected chi connectivity index (χ4v) is 3.77. The highest BCUT2D eigenvalue weighted by Gasteiger charge is 2.19. The van der Waals surface area contributed by atoms with Gasteiger partial charge in [-0.2, -0.15) is 0 Å². The van der Waals surface area contributed by atoms with Crippen molar-refractivity contribution in [3.05, 3.63) is 77.6 Å². The van der Waals surface area contributed by atoms with Crippen LogP contribution in [0.4, 0.5) is 10.1 Å². The number of halogens is 1. The molecular formula is C22H23FN2. The molecule has 1 heterocycles. The van der Waals surface area contributed by atoms with Crippen molar-refractivity contribution >= 4 is 16.5 Å². The number of hydrogen-bond donors (Lipinski definition) is 2. The van der Waals surface area contributed by atoms with Gasteiger partial charge in [-0.1, -0.05) is 48.5 Å². The third kappa shape index (κ3) is 3.24. The minimum atomic E-state index is -0.153. The van der Waals surface area contributed by atoms with Gasteiger partial charge in [0, 0.05) is 30.2 Å². The second-order valence-corrected chi connectivity index (χ2v) is 6.92. The molecule has 0 radical (unpaired) electrons. The molecule has 1 aliphatic rings. The first-order valence-corrected chi connectivity index (χ1v) is 8.94. The van der Waals surface area contributed by atoms with Crippen LogP contribution in [0.15, 0.2) is 60.7 Å². The molecule has 3 heteroatoms. The molecule has 3 aromatic rings. The Balaban J connectivity index is 1.47. The summed E-state index contributed by atoms with van der Waals surface area (Å²) in [5, 5.41) is 8.86. The topological polar surface area (TPSA) is 24.1 Å². The molecule has 128 valence electrons. The molecule has 0 aromatic heterocycles. The van der Waals surface area contributed by atoms with Crippen LogP contribution < -0.4 is 10.6 Å². The molecule has 3 aromatic carbocycles. The van der Waals surface area contributed by atoms with Gasteiger partial charge in [-0.25, -0.2) is 4.39 Å². The summed E-state index contributed by atoms with van der Waals surface area (Å²) in [6.45, 7) is 4.08. The van der Waals surface area contributed by atoms with Gasteiger partial charge in [0.2, 0.25) is 0 Å². The molecule has 4 rings (SSSR count). The van der Waals surface area contributed by atoms with E-state index in [9.17, 15) is 4.39 Å². The van der Waals surface area contributed by atoms with Crippen molar-refractivity contribution in [3.8, 4) is 0 Å². The maximum atomic E-state index is 14.0. The normalized spacial score (nSPS) is 17.8. The third-order valence-corrected chi connectivity index (χ3v) is 5.19. The summed E-state index contributed by atoms with van der Waals surface area (Å²) in [5.74, 6) is 0.406. The van der Waals surface area contributed by atoms with Crippen LogP contribution in [0.2, 0.25) is 0 Å². The zero-order chi connectivity index (χ0) is 17.2. The van der Waals surface area contributed by atoms with E-state index in [1.807, 2.05) is 30.3 Å². The van der Waals surface area contributed by atoms with E-state index >= 15 is 0 Å². The predicted octanol–water partition coefficient (Wildman–Crippen LogP) is 4.91. The standard InChI is InChI=1S/C22H23FN2/c1-15(18-10-11-21(23)20-8-4-3-7-19(18)20)24-13-16-12-17-6-2-5-9-22(17)25-14-16/h2-11,15-16,24-25H,12-14H2,1H3/t15-,16?/m1/s1. The van der Waals surface area contributed by atoms with Crippen molar-refractivity contribution in [2.45, 2.75) is 19.4 Å². The van der Waals surface area contributed by atoms with Crippen molar-refractivity contribution in [1.82, 2.24) is 5.32 Å². The summed E-state index contributed by atoms with van der Waals surface area (Å²) < 4.78 is 14.0. The van der Waals surface area contributed by atoms with Gasteiger partial charge in [0.05, 0.1) is 0 Å². The molecule has 1 unspecified atom stereocenters. The van der Waals surface area contributed by atoms with Gasteiger partial charge in [-0.3, -0.25) is 0 Å². The average molecular weight is 334 g/mol. The van der Waals surface area contributed by atoms with E-state index < -0.39 is 0 Å². The molecule has 2 N–H and O–H groups in total. The lowest BCUT2D eigenvalue weighted by Gasteiger charge is -2.28. The third-order valence-electron chi connectivity index (χ3n) is 5.19. The molecular weight excluding hydrogens is 311 g/mol. The first-order chi connectivity index (χ1) is 12.2. The fraction of sp³-hybridized carbons (Fsp3) is 0.273. The smallest absolute Gasteiger partial charge is 0.131 e. The average Bonchev–Trinajstić information content (AvgIpc) is 2.66. The van der Waals surface area contributed by atoms with E-state index in [2.05, 4.69) is 41.8 Å². The second-order valence-electron chi connectivity index (χ2n) is 6.92. The highest BCUT2D eigenvalue weighted by Crippen LogP contribution is 2.28. The van der Waals surface area contributed by atoms with Gasteiger partial charge in [-0.15, -0.1) is 0 Å². The summed E-state index contributed by atoms with van der Waals surface area (Å²) in [6.07, 6.45) is 1.09. The summed E-state index contributed by atoms with van der Waals surface area (Å²) in [7, 11) is 0. The molecule has 25 heavy (non-hydrogen) atoms. The number of anilines is 1. The van der Waals surface area contributed by atoms with Crippen molar-refractivity contribution < 1.29 is 4.39 Å². The first-order valence-electron chi connectivity index (χ1n) is 8.94. The Kier molecular flexibility index (Phi) is 4.41. The van der Waals surface area contributed by atoms with Crippen molar-refractivity contribution in [2.75, 3.05) is 18.4 Å². The van der Waals surface area contributed by atoms with Gasteiger partial charge in [0.1, 0.15) is 5.82 Å². The predicted molar refractivity (Wildman–Crippen MR) is 102 cm³/mol. The van der Waals surface area contributed by atoms with Crippen molar-refractivity contribution in [2.24, 2.45) is 5.92 Å². The summed E-state index contributed by atoms with van der Waals surface area (Å²) in [6, 6.07) is 19.9. The lowest BCUT2D eigenvalue weighted by molar-refractivity contribution is 0.450. The summed E-state index contributed by atoms with van der Waals surface area (Å²) in [5.41, 5.74) is 3.80. The van der Waals surface area contributed by atoms with Crippen LogP contribution in [0, 0.1) is 11.7 Å². The number of nitrogens with one attached hydrogen (secondary N) is 2. The van der Waals surface area contributed by atoms with Crippen molar-refractivity contribution in [1.29, 1.82) is 0 Å². The Morgan fingerprint density at radius 3 is 2.68 bits per heavy atom. The zero-order valence-corrected chi connectivity index (χ0v) is 14.4. The Bertz CT molecular complexity index is 890. The molecule has 0 fully saturated rings. The van der Waals surface area contributed by atoms with Crippen LogP contribution in [0.25, 0.3) is 10.8 Å². The second kappa shape index (κ2) is 6.85. The fourth-order valence-electron chi connectivity index (χ4n) is 3.77. The van der Waals surface area contributed by atoms with Crippen LogP contribution >= 0.6 is 0 Å². The number of hydrogen-bond acceptors (Lipinski definition) is 2. The summed E-state index contributed by atoms with van der Waals surface area (Å²) in [4.78, 5) is 0. The number of rotatable bonds is 4. The highest BCUT2D eigenvalue weighted by molar-refractivity contribution is 5.86. The molecule has 2 nitrogen and oxygen atoms in total. The number of fused-ring (bicyclic) bond motifs is 2. The lowest BCUT2D eigenvalue weighted by Crippen LogP contribution is -2.33. The molecule has 1 aliphatic heterocycles. The van der Waals surface area contributed by atoms with E-state index in [-0.39, 0.29) is 11.9 Å². The van der Waals surface area contributed by atoms with Gasteiger partial charge in [-0.05, 0) is 47.9 Å². The Morgan fingerprint density at radius 2 is 1.80 bits per heavy atom. The minimum absolute atomic E-state index is 0.153. The molecule has 0 spiro atoms. The highest BCUT2D eigenvalue weighted by atomic mass is 19.1. The molecule has 0 saturated heterocycles. The monoisotopic (exact) mass is 334 g/mol. The van der Waals surface area contributed by atoms with Crippen LogP contribution in [0.3, 0.4) is 0 Å². The van der Waals surface area contributed by atoms with E-state index in [0.717, 1.165) is 30.5 Å². The molecule has 0 aliphatic carbocycles. The maximum absolute atomic E-state index is 14.0. The van der Waals surface area contributed by atoms with Gasteiger partial charge in [0.25, 0.3) is 0 Å². The Morgan fingerprint density at radius 1 is 1.04 bits per heavy atom. The van der Waals surface area contributed by atoms with Gasteiger partial charge >= 0.3 is 0 Å². The first kappa shape index (κ1) is 16.1. The molecule has 0 amide bonds. The SMILES string of the molecule is C[C@@H](NCC1CNc2ccccc2C1)c1ccc(F)c2ccccc12. The van der Waals surface area contributed by atoms with Gasteiger partial charge in [0.15, 0.2) is 0 Å². The Hall–Kier alpha value is -2.39. The van der Waals surface area contributed by atoms with E-state index in [0.29, 0.717) is 11.3 Å². The lowest BCUT2D eigenvalue weighted by atomic mass is 9.93. The largest absolute Gasteiger partial charge is 0.384 e. The van der Waals surface area contributed by atoms with Crippen molar-refractivity contribution in [3.63, 3.8) is 0 Å². The Labute approximate surface area is 148 Å². The van der Waals surface area contributed by atoms with Crippen LogP contribution in [0.5, 0.6) is 0 Å². The zero-order valence-electron chi connectivity index (χ0n) is 14.4. The van der Waals surface area contributed by atoms with Crippen LogP contribution in [-0.4, -0.2) is 13.1 Å². The molecule has 2 atom stereocenters.